The third-order valence-electron chi connectivity index (χ3n) is 3.38. The average molecular weight is 355 g/mol. The van der Waals surface area contributed by atoms with Crippen LogP contribution in [0.5, 0.6) is 11.5 Å². The maximum Gasteiger partial charge on any atom is 0.271 e. The molecule has 0 spiro atoms. The molecule has 136 valence electrons. The Morgan fingerprint density at radius 2 is 1.50 bits per heavy atom. The van der Waals surface area contributed by atoms with E-state index < -0.39 is 12.6 Å². The van der Waals surface area contributed by atoms with E-state index in [0.717, 1.165) is 5.56 Å². The first kappa shape index (κ1) is 19.0. The summed E-state index contributed by atoms with van der Waals surface area (Å²) in [6, 6.07) is 13.4. The second-order valence-electron chi connectivity index (χ2n) is 5.28. The van der Waals surface area contributed by atoms with Crippen molar-refractivity contribution in [3.63, 3.8) is 0 Å². The zero-order valence-corrected chi connectivity index (χ0v) is 14.5. The van der Waals surface area contributed by atoms with Crippen molar-refractivity contribution in [3.05, 3.63) is 59.7 Å². The molecule has 1 N–H and O–H groups in total. The second-order valence-corrected chi connectivity index (χ2v) is 5.28. The van der Waals surface area contributed by atoms with Crippen molar-refractivity contribution in [1.29, 1.82) is 0 Å². The first-order chi connectivity index (χ1) is 12.5. The van der Waals surface area contributed by atoms with Crippen molar-refractivity contribution in [3.8, 4) is 11.5 Å². The number of rotatable bonds is 8. The summed E-state index contributed by atoms with van der Waals surface area (Å²) >= 11 is 0. The maximum absolute atomic E-state index is 12.1. The fourth-order valence-corrected chi connectivity index (χ4v) is 2.07. The first-order valence-corrected chi connectivity index (χ1v) is 8.00. The van der Waals surface area contributed by atoms with Crippen molar-refractivity contribution in [2.45, 2.75) is 13.8 Å². The van der Waals surface area contributed by atoms with Gasteiger partial charge in [-0.05, 0) is 67.9 Å². The lowest BCUT2D eigenvalue weighted by Gasteiger charge is -2.08. The minimum absolute atomic E-state index is 0.332. The lowest BCUT2D eigenvalue weighted by Crippen LogP contribution is -2.28. The molecule has 0 aliphatic rings. The van der Waals surface area contributed by atoms with Crippen molar-refractivity contribution in [2.75, 3.05) is 13.2 Å². The van der Waals surface area contributed by atoms with Crippen LogP contribution in [0.3, 0.4) is 0 Å². The standard InChI is InChI=1S/C19H20N2O5/c1-3-25-16-10-6-15(7-11-16)19(24)21-20-13(2)14-4-8-17(9-5-14)26-12-18(22)23/h4-11H,3,12H2,1-2H3,(H,21,24)(H,22,23)/p-1/b20-13-. The Morgan fingerprint density at radius 1 is 0.962 bits per heavy atom. The molecule has 0 bridgehead atoms. The van der Waals surface area contributed by atoms with Gasteiger partial charge in [0.15, 0.2) is 0 Å². The summed E-state index contributed by atoms with van der Waals surface area (Å²) < 4.78 is 10.3. The molecule has 0 unspecified atom stereocenters. The number of amides is 1. The molecule has 0 saturated carbocycles. The number of carboxylic acids is 1. The molecule has 0 aliphatic carbocycles. The number of carbonyl (C=O) groups is 2. The van der Waals surface area contributed by atoms with Gasteiger partial charge in [-0.25, -0.2) is 5.43 Å². The van der Waals surface area contributed by atoms with Crippen LogP contribution < -0.4 is 20.0 Å². The Hall–Kier alpha value is -3.35. The van der Waals surface area contributed by atoms with Crippen LogP contribution in [-0.2, 0) is 4.79 Å². The number of benzene rings is 2. The number of carbonyl (C=O) groups excluding carboxylic acids is 2. The van der Waals surface area contributed by atoms with E-state index in [4.69, 9.17) is 9.47 Å². The van der Waals surface area contributed by atoms with Crippen LogP contribution >= 0.6 is 0 Å². The molecular weight excluding hydrogens is 336 g/mol. The van der Waals surface area contributed by atoms with Gasteiger partial charge in [0.05, 0.1) is 18.3 Å². The van der Waals surface area contributed by atoms with E-state index >= 15 is 0 Å². The first-order valence-electron chi connectivity index (χ1n) is 8.00. The molecule has 0 aliphatic heterocycles. The highest BCUT2D eigenvalue weighted by Gasteiger charge is 2.05. The summed E-state index contributed by atoms with van der Waals surface area (Å²) in [6.07, 6.45) is 0. The predicted octanol–water partition coefficient (Wildman–Crippen LogP) is 1.37. The molecule has 7 nitrogen and oxygen atoms in total. The smallest absolute Gasteiger partial charge is 0.271 e. The largest absolute Gasteiger partial charge is 0.546 e. The van der Waals surface area contributed by atoms with Gasteiger partial charge in [-0.2, -0.15) is 5.10 Å². The summed E-state index contributed by atoms with van der Waals surface area (Å²) in [7, 11) is 0. The van der Waals surface area contributed by atoms with Crippen LogP contribution in [0.4, 0.5) is 0 Å². The number of hydrogen-bond acceptors (Lipinski definition) is 6. The summed E-state index contributed by atoms with van der Waals surface area (Å²) in [5.74, 6) is -0.515. The molecule has 0 radical (unpaired) electrons. The highest BCUT2D eigenvalue weighted by atomic mass is 16.5. The number of hydrogen-bond donors (Lipinski definition) is 1. The van der Waals surface area contributed by atoms with Crippen molar-refractivity contribution >= 4 is 17.6 Å². The molecule has 26 heavy (non-hydrogen) atoms. The van der Waals surface area contributed by atoms with Crippen LogP contribution in [0.15, 0.2) is 53.6 Å². The lowest BCUT2D eigenvalue weighted by molar-refractivity contribution is -0.307. The van der Waals surface area contributed by atoms with Crippen LogP contribution in [0.25, 0.3) is 0 Å². The Labute approximate surface area is 151 Å². The highest BCUT2D eigenvalue weighted by molar-refractivity contribution is 6.00. The van der Waals surface area contributed by atoms with Gasteiger partial charge in [0, 0.05) is 5.56 Å². The van der Waals surface area contributed by atoms with E-state index in [1.807, 2.05) is 6.92 Å². The Morgan fingerprint density at radius 3 is 2.04 bits per heavy atom. The molecule has 2 aromatic carbocycles. The lowest BCUT2D eigenvalue weighted by atomic mass is 10.1. The Bertz CT molecular complexity index is 783. The molecule has 0 heterocycles. The quantitative estimate of drug-likeness (QED) is 0.569. The Balaban J connectivity index is 1.96. The number of ether oxygens (including phenoxy) is 2. The van der Waals surface area contributed by atoms with Gasteiger partial charge in [-0.15, -0.1) is 0 Å². The summed E-state index contributed by atoms with van der Waals surface area (Å²) in [6.45, 7) is 3.69. The summed E-state index contributed by atoms with van der Waals surface area (Å²) in [5.41, 5.74) is 4.32. The molecule has 1 amide bonds. The molecule has 0 fully saturated rings. The van der Waals surface area contributed by atoms with Crippen LogP contribution in [0.1, 0.15) is 29.8 Å². The van der Waals surface area contributed by atoms with Crippen molar-refractivity contribution in [1.82, 2.24) is 5.43 Å². The van der Waals surface area contributed by atoms with E-state index in [9.17, 15) is 14.7 Å². The van der Waals surface area contributed by atoms with E-state index in [1.165, 1.54) is 0 Å². The fraction of sp³-hybridized carbons (Fsp3) is 0.211. The van der Waals surface area contributed by atoms with Gasteiger partial charge in [0.25, 0.3) is 5.91 Å². The SMILES string of the molecule is CCOc1ccc(C(=O)N/N=C(/C)c2ccc(OCC(=O)[O-])cc2)cc1. The molecule has 0 atom stereocenters. The van der Waals surface area contributed by atoms with Gasteiger partial charge in [-0.1, -0.05) is 0 Å². The molecule has 7 heteroatoms. The summed E-state index contributed by atoms with van der Waals surface area (Å²) in [5, 5.41) is 14.4. The van der Waals surface area contributed by atoms with Gasteiger partial charge in [0.1, 0.15) is 18.1 Å². The average Bonchev–Trinajstić information content (AvgIpc) is 2.65. The van der Waals surface area contributed by atoms with Gasteiger partial charge < -0.3 is 19.4 Å². The third kappa shape index (κ3) is 5.62. The van der Waals surface area contributed by atoms with Crippen LogP contribution in [-0.4, -0.2) is 30.8 Å². The van der Waals surface area contributed by atoms with E-state index in [2.05, 4.69) is 10.5 Å². The third-order valence-corrected chi connectivity index (χ3v) is 3.38. The van der Waals surface area contributed by atoms with Crippen molar-refractivity contribution in [2.24, 2.45) is 5.10 Å². The number of nitrogens with zero attached hydrogens (tertiary/aromatic N) is 1. The van der Waals surface area contributed by atoms with E-state index in [0.29, 0.717) is 29.4 Å². The number of hydrazone groups is 1. The zero-order valence-electron chi connectivity index (χ0n) is 14.5. The van der Waals surface area contributed by atoms with Crippen LogP contribution in [0.2, 0.25) is 0 Å². The zero-order chi connectivity index (χ0) is 18.9. The molecule has 2 aromatic rings. The number of aliphatic carboxylic acids is 1. The minimum Gasteiger partial charge on any atom is -0.546 e. The topological polar surface area (TPSA) is 100 Å². The minimum atomic E-state index is -1.29. The van der Waals surface area contributed by atoms with Crippen LogP contribution in [0, 0.1) is 0 Å². The van der Waals surface area contributed by atoms with Gasteiger partial charge >= 0.3 is 0 Å². The fourth-order valence-electron chi connectivity index (χ4n) is 2.07. The van der Waals surface area contributed by atoms with Crippen molar-refractivity contribution < 1.29 is 24.2 Å². The highest BCUT2D eigenvalue weighted by Crippen LogP contribution is 2.13. The van der Waals surface area contributed by atoms with E-state index in [1.54, 1.807) is 55.5 Å². The normalized spacial score (nSPS) is 10.9. The maximum atomic E-state index is 12.1. The molecular formula is C19H19N2O5-. The molecule has 0 saturated heterocycles. The Kier molecular flexibility index (Phi) is 6.73. The predicted molar refractivity (Wildman–Crippen MR) is 94.2 cm³/mol. The number of carboxylic acid groups (broad SMARTS) is 1. The van der Waals surface area contributed by atoms with Gasteiger partial charge in [-0.3, -0.25) is 4.79 Å². The molecule has 0 aromatic heterocycles. The number of nitrogens with one attached hydrogen (secondary N) is 1. The van der Waals surface area contributed by atoms with E-state index in [-0.39, 0.29) is 5.91 Å². The monoisotopic (exact) mass is 355 g/mol. The summed E-state index contributed by atoms with van der Waals surface area (Å²) in [4.78, 5) is 22.5. The second kappa shape index (κ2) is 9.22. The van der Waals surface area contributed by atoms with Gasteiger partial charge in [0.2, 0.25) is 0 Å². The molecule has 2 rings (SSSR count).